The molecule has 25 heavy (non-hydrogen) atoms. The molecule has 2 heterocycles. The summed E-state index contributed by atoms with van der Waals surface area (Å²) in [5.74, 6) is 0.788. The molecule has 1 atom stereocenters. The summed E-state index contributed by atoms with van der Waals surface area (Å²) in [6.07, 6.45) is -0.143. The predicted octanol–water partition coefficient (Wildman–Crippen LogP) is 3.74. The molecule has 128 valence electrons. The fraction of sp³-hybridized carbons (Fsp3) is 0.263. The average Bonchev–Trinajstić information content (AvgIpc) is 3.02. The molecule has 1 aromatic heterocycles. The van der Waals surface area contributed by atoms with Crippen molar-refractivity contribution >= 4 is 28.5 Å². The van der Waals surface area contributed by atoms with Crippen LogP contribution in [0.1, 0.15) is 27.8 Å². The molecule has 0 saturated carbocycles. The van der Waals surface area contributed by atoms with E-state index in [0.717, 1.165) is 22.4 Å². The maximum absolute atomic E-state index is 13.0. The van der Waals surface area contributed by atoms with E-state index in [-0.39, 0.29) is 12.0 Å². The van der Waals surface area contributed by atoms with Gasteiger partial charge in [-0.2, -0.15) is 0 Å². The van der Waals surface area contributed by atoms with Gasteiger partial charge < -0.3 is 14.6 Å². The van der Waals surface area contributed by atoms with Gasteiger partial charge in [0, 0.05) is 11.6 Å². The summed E-state index contributed by atoms with van der Waals surface area (Å²) in [6.45, 7) is 3.48. The molecule has 0 unspecified atom stereocenters. The molecule has 1 fully saturated rings. The van der Waals surface area contributed by atoms with Crippen molar-refractivity contribution in [2.75, 3.05) is 19.7 Å². The largest absolute Gasteiger partial charge is 0.370 e. The fourth-order valence-corrected chi connectivity index (χ4v) is 3.34. The standard InChI is InChI=1S/C19H18ClN3O2/c1-12-21-16-4-2-3-15(18(16)22-12)19(24)23-9-10-25-17(11-23)13-5-7-14(20)8-6-13/h2-8,17H,9-11H2,1H3,(H,21,22)/t17-/m0/s1. The maximum Gasteiger partial charge on any atom is 0.256 e. The first kappa shape index (κ1) is 16.1. The lowest BCUT2D eigenvalue weighted by molar-refractivity contribution is -0.0227. The van der Waals surface area contributed by atoms with Crippen LogP contribution in [0.15, 0.2) is 42.5 Å². The molecular formula is C19H18ClN3O2. The smallest absolute Gasteiger partial charge is 0.256 e. The number of aryl methyl sites for hydroxylation is 1. The molecule has 2 aromatic carbocycles. The van der Waals surface area contributed by atoms with Crippen LogP contribution < -0.4 is 0 Å². The van der Waals surface area contributed by atoms with Crippen molar-refractivity contribution in [3.05, 3.63) is 64.4 Å². The molecule has 3 aromatic rings. The number of benzene rings is 2. The average molecular weight is 356 g/mol. The van der Waals surface area contributed by atoms with Crippen LogP contribution in [-0.4, -0.2) is 40.5 Å². The van der Waals surface area contributed by atoms with Gasteiger partial charge in [-0.25, -0.2) is 4.98 Å². The number of morpholine rings is 1. The summed E-state index contributed by atoms with van der Waals surface area (Å²) in [4.78, 5) is 22.5. The van der Waals surface area contributed by atoms with Gasteiger partial charge in [-0.3, -0.25) is 4.79 Å². The van der Waals surface area contributed by atoms with E-state index >= 15 is 0 Å². The number of hydrogen-bond donors (Lipinski definition) is 1. The van der Waals surface area contributed by atoms with E-state index in [4.69, 9.17) is 16.3 Å². The van der Waals surface area contributed by atoms with Crippen molar-refractivity contribution in [2.24, 2.45) is 0 Å². The Labute approximate surface area is 150 Å². The highest BCUT2D eigenvalue weighted by atomic mass is 35.5. The lowest BCUT2D eigenvalue weighted by atomic mass is 10.1. The molecular weight excluding hydrogens is 338 g/mol. The third-order valence-electron chi connectivity index (χ3n) is 4.46. The monoisotopic (exact) mass is 355 g/mol. The Hall–Kier alpha value is -2.37. The molecule has 1 saturated heterocycles. The SMILES string of the molecule is Cc1nc2c(C(=O)N3CCO[C@H](c4ccc(Cl)cc4)C3)cccc2[nH]1. The Balaban J connectivity index is 1.60. The fourth-order valence-electron chi connectivity index (χ4n) is 3.21. The molecule has 0 radical (unpaired) electrons. The van der Waals surface area contributed by atoms with E-state index in [1.54, 1.807) is 0 Å². The number of nitrogens with zero attached hydrogens (tertiary/aromatic N) is 2. The van der Waals surface area contributed by atoms with Gasteiger partial charge in [0.2, 0.25) is 0 Å². The van der Waals surface area contributed by atoms with Gasteiger partial charge >= 0.3 is 0 Å². The van der Waals surface area contributed by atoms with E-state index in [1.807, 2.05) is 54.3 Å². The van der Waals surface area contributed by atoms with Crippen LogP contribution in [-0.2, 0) is 4.74 Å². The highest BCUT2D eigenvalue weighted by Gasteiger charge is 2.27. The summed E-state index contributed by atoms with van der Waals surface area (Å²) < 4.78 is 5.85. The van der Waals surface area contributed by atoms with Crippen LogP contribution in [0, 0.1) is 6.92 Å². The second-order valence-electron chi connectivity index (χ2n) is 6.19. The molecule has 4 rings (SSSR count). The summed E-state index contributed by atoms with van der Waals surface area (Å²) in [6, 6.07) is 13.2. The van der Waals surface area contributed by atoms with Gasteiger partial charge in [0.25, 0.3) is 5.91 Å². The Morgan fingerprint density at radius 3 is 2.88 bits per heavy atom. The summed E-state index contributed by atoms with van der Waals surface area (Å²) in [5, 5.41) is 0.688. The number of carbonyl (C=O) groups excluding carboxylic acids is 1. The Bertz CT molecular complexity index is 920. The molecule has 0 bridgehead atoms. The number of H-pyrrole nitrogens is 1. The minimum absolute atomic E-state index is 0.0145. The zero-order valence-electron chi connectivity index (χ0n) is 13.8. The van der Waals surface area contributed by atoms with Gasteiger partial charge in [-0.1, -0.05) is 29.8 Å². The molecule has 0 spiro atoms. The Kier molecular flexibility index (Phi) is 4.19. The van der Waals surface area contributed by atoms with Crippen molar-refractivity contribution in [3.8, 4) is 0 Å². The van der Waals surface area contributed by atoms with E-state index < -0.39 is 0 Å². The van der Waals surface area contributed by atoms with Gasteiger partial charge in [0.15, 0.2) is 0 Å². The number of nitrogens with one attached hydrogen (secondary N) is 1. The van der Waals surface area contributed by atoms with Crippen LogP contribution in [0.2, 0.25) is 5.02 Å². The normalized spacial score (nSPS) is 17.8. The zero-order chi connectivity index (χ0) is 17.4. The number of aromatic amines is 1. The highest BCUT2D eigenvalue weighted by molar-refractivity contribution is 6.30. The Morgan fingerprint density at radius 1 is 1.28 bits per heavy atom. The molecule has 0 aliphatic carbocycles. The molecule has 1 N–H and O–H groups in total. The van der Waals surface area contributed by atoms with Crippen molar-refractivity contribution in [2.45, 2.75) is 13.0 Å². The van der Waals surface area contributed by atoms with Gasteiger partial charge in [0.05, 0.1) is 24.2 Å². The van der Waals surface area contributed by atoms with Crippen LogP contribution in [0.5, 0.6) is 0 Å². The van der Waals surface area contributed by atoms with Gasteiger partial charge in [-0.15, -0.1) is 0 Å². The first-order valence-electron chi connectivity index (χ1n) is 8.23. The minimum Gasteiger partial charge on any atom is -0.370 e. The van der Waals surface area contributed by atoms with E-state index in [2.05, 4.69) is 9.97 Å². The lowest BCUT2D eigenvalue weighted by Gasteiger charge is -2.33. The van der Waals surface area contributed by atoms with Crippen molar-refractivity contribution in [3.63, 3.8) is 0 Å². The van der Waals surface area contributed by atoms with Crippen molar-refractivity contribution < 1.29 is 9.53 Å². The number of amides is 1. The number of imidazole rings is 1. The highest BCUT2D eigenvalue weighted by Crippen LogP contribution is 2.26. The number of rotatable bonds is 2. The molecule has 1 aliphatic rings. The molecule has 1 amide bonds. The number of halogens is 1. The van der Waals surface area contributed by atoms with Crippen LogP contribution in [0.25, 0.3) is 11.0 Å². The zero-order valence-corrected chi connectivity index (χ0v) is 14.6. The van der Waals surface area contributed by atoms with Crippen molar-refractivity contribution in [1.29, 1.82) is 0 Å². The summed E-state index contributed by atoms with van der Waals surface area (Å²) in [7, 11) is 0. The van der Waals surface area contributed by atoms with E-state index in [1.165, 1.54) is 0 Å². The summed E-state index contributed by atoms with van der Waals surface area (Å²) in [5.41, 5.74) is 3.25. The van der Waals surface area contributed by atoms with E-state index in [0.29, 0.717) is 30.3 Å². The first-order chi connectivity index (χ1) is 12.1. The number of fused-ring (bicyclic) bond motifs is 1. The maximum atomic E-state index is 13.0. The predicted molar refractivity (Wildman–Crippen MR) is 96.9 cm³/mol. The van der Waals surface area contributed by atoms with Crippen LogP contribution >= 0.6 is 11.6 Å². The third-order valence-corrected chi connectivity index (χ3v) is 4.71. The van der Waals surface area contributed by atoms with Crippen molar-refractivity contribution in [1.82, 2.24) is 14.9 Å². The van der Waals surface area contributed by atoms with Crippen LogP contribution in [0.3, 0.4) is 0 Å². The lowest BCUT2D eigenvalue weighted by Crippen LogP contribution is -2.42. The molecule has 6 heteroatoms. The number of carbonyl (C=O) groups is 1. The number of ether oxygens (including phenoxy) is 1. The quantitative estimate of drug-likeness (QED) is 0.761. The van der Waals surface area contributed by atoms with Gasteiger partial charge in [0.1, 0.15) is 17.4 Å². The number of para-hydroxylation sites is 1. The topological polar surface area (TPSA) is 58.2 Å². The Morgan fingerprint density at radius 2 is 2.08 bits per heavy atom. The molecule has 5 nitrogen and oxygen atoms in total. The second kappa shape index (κ2) is 6.50. The number of hydrogen-bond acceptors (Lipinski definition) is 3. The first-order valence-corrected chi connectivity index (χ1v) is 8.61. The molecule has 1 aliphatic heterocycles. The van der Waals surface area contributed by atoms with E-state index in [9.17, 15) is 4.79 Å². The third kappa shape index (κ3) is 3.13. The second-order valence-corrected chi connectivity index (χ2v) is 6.62. The van der Waals surface area contributed by atoms with Crippen LogP contribution in [0.4, 0.5) is 0 Å². The van der Waals surface area contributed by atoms with Gasteiger partial charge in [-0.05, 0) is 36.8 Å². The minimum atomic E-state index is -0.143. The summed E-state index contributed by atoms with van der Waals surface area (Å²) >= 11 is 5.95. The number of aromatic nitrogens is 2.